The number of hydrogen-bond acceptors (Lipinski definition) is 4. The number of nitrogens with one attached hydrogen (secondary N) is 1. The maximum Gasteiger partial charge on any atom is 0.408 e. The lowest BCUT2D eigenvalue weighted by Gasteiger charge is -2.22. The molecule has 0 aliphatic carbocycles. The van der Waals surface area contributed by atoms with Gasteiger partial charge < -0.3 is 19.7 Å². The van der Waals surface area contributed by atoms with Crippen LogP contribution in [0, 0.1) is 0 Å². The van der Waals surface area contributed by atoms with E-state index < -0.39 is 17.7 Å². The van der Waals surface area contributed by atoms with E-state index in [9.17, 15) is 9.59 Å². The summed E-state index contributed by atoms with van der Waals surface area (Å²) in [7, 11) is 2.04. The Labute approximate surface area is 125 Å². The van der Waals surface area contributed by atoms with E-state index in [2.05, 4.69) is 10.2 Å². The summed E-state index contributed by atoms with van der Waals surface area (Å²) in [6.45, 7) is 6.33. The molecule has 5 heteroatoms. The minimum absolute atomic E-state index is 0.585. The summed E-state index contributed by atoms with van der Waals surface area (Å²) in [4.78, 5) is 25.3. The predicted octanol–water partition coefficient (Wildman–Crippen LogP) is 2.44. The molecule has 0 aromatic heterocycles. The summed E-state index contributed by atoms with van der Waals surface area (Å²) in [5.41, 5.74) is 2.58. The molecule has 114 valence electrons. The number of nitrogens with zero attached hydrogens (tertiary/aromatic N) is 1. The number of hydrogen-bond donors (Lipinski definition) is 1. The first-order valence-corrected chi connectivity index (χ1v) is 7.09. The van der Waals surface area contributed by atoms with Gasteiger partial charge in [-0.2, -0.15) is 0 Å². The molecule has 1 N–H and O–H groups in total. The van der Waals surface area contributed by atoms with Crippen LogP contribution in [0.5, 0.6) is 0 Å². The molecule has 1 aliphatic rings. The molecule has 0 saturated heterocycles. The molecule has 0 spiro atoms. The summed E-state index contributed by atoms with van der Waals surface area (Å²) in [6, 6.07) is 5.16. The van der Waals surface area contributed by atoms with E-state index in [1.54, 1.807) is 20.8 Å². The van der Waals surface area contributed by atoms with Crippen molar-refractivity contribution in [2.45, 2.75) is 38.8 Å². The highest BCUT2D eigenvalue weighted by atomic mass is 16.6. The molecule has 0 saturated carbocycles. The van der Waals surface area contributed by atoms with Crippen LogP contribution >= 0.6 is 0 Å². The SMILES string of the molecule is CN1CCc2cc(C(C=O)NC(=O)OC(C)(C)C)ccc21. The Kier molecular flexibility index (Phi) is 4.21. The van der Waals surface area contributed by atoms with Gasteiger partial charge in [0.15, 0.2) is 0 Å². The Morgan fingerprint density at radius 3 is 2.76 bits per heavy atom. The molecular weight excluding hydrogens is 268 g/mol. The summed E-state index contributed by atoms with van der Waals surface area (Å²) < 4.78 is 5.18. The lowest BCUT2D eigenvalue weighted by molar-refractivity contribution is -0.109. The van der Waals surface area contributed by atoms with E-state index in [0.29, 0.717) is 0 Å². The van der Waals surface area contributed by atoms with E-state index in [1.165, 1.54) is 11.3 Å². The molecule has 1 aromatic rings. The second-order valence-electron chi connectivity index (χ2n) is 6.32. The minimum Gasteiger partial charge on any atom is -0.444 e. The zero-order chi connectivity index (χ0) is 15.6. The average molecular weight is 290 g/mol. The minimum atomic E-state index is -0.684. The number of carbonyl (C=O) groups excluding carboxylic acids is 2. The summed E-state index contributed by atoms with van der Waals surface area (Å²) in [6.07, 6.45) is 1.10. The quantitative estimate of drug-likeness (QED) is 0.869. The first kappa shape index (κ1) is 15.4. The summed E-state index contributed by atoms with van der Waals surface area (Å²) in [5.74, 6) is 0. The third-order valence-electron chi connectivity index (χ3n) is 3.40. The zero-order valence-electron chi connectivity index (χ0n) is 13.0. The van der Waals surface area contributed by atoms with Gasteiger partial charge in [0.05, 0.1) is 0 Å². The molecule has 1 heterocycles. The van der Waals surface area contributed by atoms with E-state index in [4.69, 9.17) is 4.74 Å². The Balaban J connectivity index is 2.12. The third kappa shape index (κ3) is 3.74. The highest BCUT2D eigenvalue weighted by molar-refractivity contribution is 5.75. The molecule has 1 aromatic carbocycles. The molecule has 1 unspecified atom stereocenters. The number of carbonyl (C=O) groups is 2. The Bertz CT molecular complexity index is 549. The van der Waals surface area contributed by atoms with Crippen LogP contribution in [0.15, 0.2) is 18.2 Å². The van der Waals surface area contributed by atoms with Gasteiger partial charge in [-0.05, 0) is 44.4 Å². The highest BCUT2D eigenvalue weighted by Crippen LogP contribution is 2.29. The number of likely N-dealkylation sites (N-methyl/N-ethyl adjacent to an activating group) is 1. The third-order valence-corrected chi connectivity index (χ3v) is 3.40. The fourth-order valence-corrected chi connectivity index (χ4v) is 2.41. The number of rotatable bonds is 3. The van der Waals surface area contributed by atoms with Crippen molar-refractivity contribution in [2.24, 2.45) is 0 Å². The second kappa shape index (κ2) is 5.76. The van der Waals surface area contributed by atoms with Gasteiger partial charge in [-0.3, -0.25) is 0 Å². The van der Waals surface area contributed by atoms with E-state index in [-0.39, 0.29) is 0 Å². The molecule has 1 amide bonds. The van der Waals surface area contributed by atoms with Crippen LogP contribution in [0.1, 0.15) is 37.9 Å². The van der Waals surface area contributed by atoms with Gasteiger partial charge >= 0.3 is 6.09 Å². The number of alkyl carbamates (subject to hydrolysis) is 1. The van der Waals surface area contributed by atoms with E-state index in [1.807, 2.05) is 25.2 Å². The van der Waals surface area contributed by atoms with Gasteiger partial charge in [0.25, 0.3) is 0 Å². The highest BCUT2D eigenvalue weighted by Gasteiger charge is 2.22. The summed E-state index contributed by atoms with van der Waals surface area (Å²) >= 11 is 0. The molecule has 5 nitrogen and oxygen atoms in total. The van der Waals surface area contributed by atoms with Gasteiger partial charge in [0.1, 0.15) is 17.9 Å². The first-order valence-electron chi connectivity index (χ1n) is 7.09. The fraction of sp³-hybridized carbons (Fsp3) is 0.500. The number of fused-ring (bicyclic) bond motifs is 1. The molecule has 21 heavy (non-hydrogen) atoms. The van der Waals surface area contributed by atoms with Crippen molar-refractivity contribution in [2.75, 3.05) is 18.5 Å². The van der Waals surface area contributed by atoms with Crippen LogP contribution in [-0.2, 0) is 16.0 Å². The van der Waals surface area contributed by atoms with Crippen molar-refractivity contribution in [3.8, 4) is 0 Å². The van der Waals surface area contributed by atoms with E-state index >= 15 is 0 Å². The topological polar surface area (TPSA) is 58.6 Å². The number of aldehydes is 1. The number of amides is 1. The van der Waals surface area contributed by atoms with Crippen molar-refractivity contribution in [3.05, 3.63) is 29.3 Å². The van der Waals surface area contributed by atoms with Gasteiger partial charge in [-0.1, -0.05) is 12.1 Å². The number of ether oxygens (including phenoxy) is 1. The lowest BCUT2D eigenvalue weighted by atomic mass is 10.0. The van der Waals surface area contributed by atoms with Crippen LogP contribution in [0.2, 0.25) is 0 Å². The number of benzene rings is 1. The van der Waals surface area contributed by atoms with Crippen LogP contribution in [0.3, 0.4) is 0 Å². The van der Waals surface area contributed by atoms with Gasteiger partial charge in [-0.25, -0.2) is 4.79 Å². The Morgan fingerprint density at radius 1 is 1.43 bits per heavy atom. The monoisotopic (exact) mass is 290 g/mol. The smallest absolute Gasteiger partial charge is 0.408 e. The van der Waals surface area contributed by atoms with E-state index in [0.717, 1.165) is 24.8 Å². The first-order chi connectivity index (χ1) is 9.80. The van der Waals surface area contributed by atoms with Crippen LogP contribution < -0.4 is 10.2 Å². The lowest BCUT2D eigenvalue weighted by Crippen LogP contribution is -2.35. The number of anilines is 1. The van der Waals surface area contributed by atoms with Gasteiger partial charge in [0, 0.05) is 19.3 Å². The predicted molar refractivity (Wildman–Crippen MR) is 81.6 cm³/mol. The molecular formula is C16H22N2O3. The normalized spacial score (nSPS) is 15.3. The molecule has 0 radical (unpaired) electrons. The average Bonchev–Trinajstić information content (AvgIpc) is 2.75. The Morgan fingerprint density at radius 2 is 2.14 bits per heavy atom. The van der Waals surface area contributed by atoms with Crippen LogP contribution in [0.25, 0.3) is 0 Å². The van der Waals surface area contributed by atoms with Crippen molar-refractivity contribution >= 4 is 18.1 Å². The van der Waals surface area contributed by atoms with Crippen molar-refractivity contribution in [3.63, 3.8) is 0 Å². The molecule has 1 atom stereocenters. The maximum atomic E-state index is 11.8. The summed E-state index contributed by atoms with van der Waals surface area (Å²) in [5, 5.41) is 2.60. The standard InChI is InChI=1S/C16H22N2O3/c1-16(2,3)21-15(20)17-13(10-19)11-5-6-14-12(9-11)7-8-18(14)4/h5-6,9-10,13H,7-8H2,1-4H3,(H,17,20). The molecule has 0 bridgehead atoms. The molecule has 0 fully saturated rings. The van der Waals surface area contributed by atoms with Crippen LogP contribution in [-0.4, -0.2) is 31.6 Å². The second-order valence-corrected chi connectivity index (χ2v) is 6.32. The van der Waals surface area contributed by atoms with Crippen molar-refractivity contribution < 1.29 is 14.3 Å². The zero-order valence-corrected chi connectivity index (χ0v) is 13.0. The molecule has 2 rings (SSSR count). The van der Waals surface area contributed by atoms with Gasteiger partial charge in [-0.15, -0.1) is 0 Å². The largest absolute Gasteiger partial charge is 0.444 e. The van der Waals surface area contributed by atoms with Crippen LogP contribution in [0.4, 0.5) is 10.5 Å². The maximum absolute atomic E-state index is 11.8. The van der Waals surface area contributed by atoms with Crippen molar-refractivity contribution in [1.29, 1.82) is 0 Å². The molecule has 1 aliphatic heterocycles. The van der Waals surface area contributed by atoms with Crippen molar-refractivity contribution in [1.82, 2.24) is 5.32 Å². The van der Waals surface area contributed by atoms with Gasteiger partial charge in [0.2, 0.25) is 0 Å². The fourth-order valence-electron chi connectivity index (χ4n) is 2.41. The Hall–Kier alpha value is -2.04.